The fraction of sp³-hybridized carbons (Fsp3) is 0.500. The minimum atomic E-state index is -3.77. The lowest BCUT2D eigenvalue weighted by molar-refractivity contribution is 0.562. The average molecular weight is 353 g/mol. The Balaban J connectivity index is 2.18. The van der Waals surface area contributed by atoms with E-state index in [9.17, 15) is 16.8 Å². The third-order valence-electron chi connectivity index (χ3n) is 3.26. The van der Waals surface area contributed by atoms with Crippen molar-refractivity contribution in [3.8, 4) is 0 Å². The summed E-state index contributed by atoms with van der Waals surface area (Å²) in [6.45, 7) is 0.535. The van der Waals surface area contributed by atoms with E-state index in [0.717, 1.165) is 5.56 Å². The second kappa shape index (κ2) is 6.21. The molecule has 1 aromatic rings. The summed E-state index contributed by atoms with van der Waals surface area (Å²) >= 11 is 6.05. The van der Waals surface area contributed by atoms with Gasteiger partial charge in [0.25, 0.3) is 0 Å². The van der Waals surface area contributed by atoms with E-state index in [1.165, 1.54) is 12.1 Å². The number of halogens is 1. The monoisotopic (exact) mass is 352 g/mol. The molecule has 0 radical (unpaired) electrons. The van der Waals surface area contributed by atoms with E-state index in [1.807, 2.05) is 0 Å². The summed E-state index contributed by atoms with van der Waals surface area (Å²) in [5.41, 5.74) is 0.793. The molecule has 1 unspecified atom stereocenters. The van der Waals surface area contributed by atoms with Gasteiger partial charge in [-0.15, -0.1) is 0 Å². The first kappa shape index (κ1) is 16.7. The topological polar surface area (TPSA) is 92.3 Å². The molecule has 1 saturated heterocycles. The van der Waals surface area contributed by atoms with Gasteiger partial charge in [-0.25, -0.2) is 21.6 Å². The molecule has 21 heavy (non-hydrogen) atoms. The summed E-state index contributed by atoms with van der Waals surface area (Å²) in [5.74, 6) is -0.139. The molecule has 0 aromatic heterocycles. The SMILES string of the molecule is CNCc1ccc(S(=O)(=O)NC2CCS(=O)(=O)C2)cc1Cl. The van der Waals surface area contributed by atoms with Gasteiger partial charge in [0.15, 0.2) is 9.84 Å². The van der Waals surface area contributed by atoms with Crippen LogP contribution in [0.3, 0.4) is 0 Å². The zero-order valence-corrected chi connectivity index (χ0v) is 13.9. The Morgan fingerprint density at radius 1 is 1.38 bits per heavy atom. The Kier molecular flexibility index (Phi) is 4.94. The summed E-state index contributed by atoms with van der Waals surface area (Å²) in [5, 5.41) is 3.29. The number of rotatable bonds is 5. The second-order valence-corrected chi connectivity index (χ2v) is 9.35. The normalized spacial score (nSPS) is 21.5. The van der Waals surface area contributed by atoms with E-state index in [0.29, 0.717) is 18.0 Å². The van der Waals surface area contributed by atoms with Gasteiger partial charge in [0.1, 0.15) is 0 Å². The Morgan fingerprint density at radius 3 is 2.62 bits per heavy atom. The molecule has 1 heterocycles. The second-order valence-electron chi connectivity index (χ2n) is 5.00. The van der Waals surface area contributed by atoms with E-state index >= 15 is 0 Å². The number of sulfone groups is 1. The third-order valence-corrected chi connectivity index (χ3v) is 6.89. The highest BCUT2D eigenvalue weighted by Gasteiger charge is 2.31. The van der Waals surface area contributed by atoms with Gasteiger partial charge in [-0.05, 0) is 31.2 Å². The van der Waals surface area contributed by atoms with E-state index < -0.39 is 25.9 Å². The smallest absolute Gasteiger partial charge is 0.240 e. The lowest BCUT2D eigenvalue weighted by Crippen LogP contribution is -2.35. The van der Waals surface area contributed by atoms with Gasteiger partial charge >= 0.3 is 0 Å². The molecule has 0 spiro atoms. The van der Waals surface area contributed by atoms with Gasteiger partial charge in [0.2, 0.25) is 10.0 Å². The standard InChI is InChI=1S/C12H17ClN2O4S2/c1-14-7-9-2-3-11(6-12(9)13)21(18,19)15-10-4-5-20(16,17)8-10/h2-3,6,10,14-15H,4-5,7-8H2,1H3. The molecule has 0 aliphatic carbocycles. The average Bonchev–Trinajstić information content (AvgIpc) is 2.70. The molecule has 6 nitrogen and oxygen atoms in total. The van der Waals surface area contributed by atoms with E-state index in [1.54, 1.807) is 13.1 Å². The summed E-state index contributed by atoms with van der Waals surface area (Å²) in [7, 11) is -5.13. The molecule has 118 valence electrons. The van der Waals surface area contributed by atoms with Crippen LogP contribution in [0.25, 0.3) is 0 Å². The molecule has 9 heteroatoms. The van der Waals surface area contributed by atoms with Crippen molar-refractivity contribution in [2.75, 3.05) is 18.6 Å². The van der Waals surface area contributed by atoms with E-state index in [4.69, 9.17) is 11.6 Å². The summed E-state index contributed by atoms with van der Waals surface area (Å²) < 4.78 is 49.6. The van der Waals surface area contributed by atoms with Crippen LogP contribution in [-0.4, -0.2) is 41.4 Å². The highest BCUT2D eigenvalue weighted by atomic mass is 35.5. The van der Waals surface area contributed by atoms with Crippen LogP contribution in [0, 0.1) is 0 Å². The van der Waals surface area contributed by atoms with Crippen LogP contribution in [0.15, 0.2) is 23.1 Å². The summed E-state index contributed by atoms with van der Waals surface area (Å²) in [6, 6.07) is 3.90. The quantitative estimate of drug-likeness (QED) is 0.806. The van der Waals surface area contributed by atoms with Crippen LogP contribution in [-0.2, 0) is 26.4 Å². The number of hydrogen-bond donors (Lipinski definition) is 2. The number of hydrogen-bond acceptors (Lipinski definition) is 5. The zero-order valence-electron chi connectivity index (χ0n) is 11.5. The van der Waals surface area contributed by atoms with Crippen LogP contribution in [0.5, 0.6) is 0 Å². The van der Waals surface area contributed by atoms with Crippen molar-refractivity contribution < 1.29 is 16.8 Å². The van der Waals surface area contributed by atoms with Crippen molar-refractivity contribution >= 4 is 31.5 Å². The molecule has 0 saturated carbocycles. The lowest BCUT2D eigenvalue weighted by atomic mass is 10.2. The maximum absolute atomic E-state index is 12.2. The zero-order chi connectivity index (χ0) is 15.7. The fourth-order valence-electron chi connectivity index (χ4n) is 2.20. The summed E-state index contributed by atoms with van der Waals surface area (Å²) in [4.78, 5) is 0.0386. The van der Waals surface area contributed by atoms with Crippen LogP contribution in [0.1, 0.15) is 12.0 Å². The predicted molar refractivity (Wildman–Crippen MR) is 81.6 cm³/mol. The van der Waals surface area contributed by atoms with Gasteiger partial charge < -0.3 is 5.32 Å². The summed E-state index contributed by atoms with van der Waals surface area (Å²) in [6.07, 6.45) is 0.299. The third kappa shape index (κ3) is 4.17. The Bertz CT molecular complexity index is 732. The van der Waals surface area contributed by atoms with Crippen molar-refractivity contribution in [2.45, 2.75) is 23.9 Å². The van der Waals surface area contributed by atoms with Crippen molar-refractivity contribution in [2.24, 2.45) is 0 Å². The predicted octanol–water partition coefficient (Wildman–Crippen LogP) is 0.525. The minimum Gasteiger partial charge on any atom is -0.316 e. The molecule has 1 atom stereocenters. The van der Waals surface area contributed by atoms with E-state index in [2.05, 4.69) is 10.0 Å². The maximum Gasteiger partial charge on any atom is 0.240 e. The van der Waals surface area contributed by atoms with Crippen molar-refractivity contribution in [3.63, 3.8) is 0 Å². The van der Waals surface area contributed by atoms with E-state index in [-0.39, 0.29) is 16.4 Å². The van der Waals surface area contributed by atoms with Gasteiger partial charge in [-0.2, -0.15) is 0 Å². The molecular formula is C12H17ClN2O4S2. The van der Waals surface area contributed by atoms with Crippen LogP contribution in [0.4, 0.5) is 0 Å². The molecule has 2 N–H and O–H groups in total. The van der Waals surface area contributed by atoms with Gasteiger partial charge in [0.05, 0.1) is 16.4 Å². The van der Waals surface area contributed by atoms with Crippen LogP contribution in [0.2, 0.25) is 5.02 Å². The Morgan fingerprint density at radius 2 is 2.10 bits per heavy atom. The molecule has 0 amide bonds. The highest BCUT2D eigenvalue weighted by molar-refractivity contribution is 7.92. The van der Waals surface area contributed by atoms with Gasteiger partial charge in [-0.1, -0.05) is 17.7 Å². The molecule has 2 rings (SSSR count). The number of nitrogens with one attached hydrogen (secondary N) is 2. The van der Waals surface area contributed by atoms with Gasteiger partial charge in [-0.3, -0.25) is 0 Å². The van der Waals surface area contributed by atoms with Crippen molar-refractivity contribution in [1.29, 1.82) is 0 Å². The van der Waals surface area contributed by atoms with Crippen LogP contribution < -0.4 is 10.0 Å². The van der Waals surface area contributed by atoms with Crippen molar-refractivity contribution in [3.05, 3.63) is 28.8 Å². The molecule has 0 bridgehead atoms. The lowest BCUT2D eigenvalue weighted by Gasteiger charge is -2.12. The number of sulfonamides is 1. The molecular weight excluding hydrogens is 336 g/mol. The minimum absolute atomic E-state index is 0.0159. The van der Waals surface area contributed by atoms with Crippen LogP contribution >= 0.6 is 11.6 Å². The highest BCUT2D eigenvalue weighted by Crippen LogP contribution is 2.22. The Hall–Kier alpha value is -0.670. The number of benzene rings is 1. The first-order valence-corrected chi connectivity index (χ1v) is 10.1. The maximum atomic E-state index is 12.2. The molecule has 1 aliphatic rings. The molecule has 1 aliphatic heterocycles. The largest absolute Gasteiger partial charge is 0.316 e. The molecule has 1 aromatic carbocycles. The van der Waals surface area contributed by atoms with Gasteiger partial charge in [0, 0.05) is 17.6 Å². The van der Waals surface area contributed by atoms with Crippen molar-refractivity contribution in [1.82, 2.24) is 10.0 Å². The molecule has 1 fully saturated rings. The Labute approximate surface area is 129 Å². The first-order valence-electron chi connectivity index (χ1n) is 6.39. The fourth-order valence-corrected chi connectivity index (χ4v) is 5.59. The first-order chi connectivity index (χ1) is 9.73.